The fourth-order valence-electron chi connectivity index (χ4n) is 2.79. The highest BCUT2D eigenvalue weighted by atomic mass is 32.1. The number of ether oxygens (including phenoxy) is 1. The number of para-hydroxylation sites is 1. The van der Waals surface area contributed by atoms with Crippen LogP contribution in [0.25, 0.3) is 0 Å². The van der Waals surface area contributed by atoms with Crippen LogP contribution in [0.4, 0.5) is 5.69 Å². The first-order valence-corrected chi connectivity index (χ1v) is 7.24. The Morgan fingerprint density at radius 1 is 1.45 bits per heavy atom. The maximum absolute atomic E-state index is 10.6. The van der Waals surface area contributed by atoms with E-state index in [9.17, 15) is 5.11 Å². The summed E-state index contributed by atoms with van der Waals surface area (Å²) in [6, 6.07) is 5.90. The number of rotatable bonds is 4. The van der Waals surface area contributed by atoms with Gasteiger partial charge in [0.25, 0.3) is 0 Å². The molecule has 0 radical (unpaired) electrons. The van der Waals surface area contributed by atoms with Crippen molar-refractivity contribution in [3.05, 3.63) is 29.3 Å². The van der Waals surface area contributed by atoms with Crippen LogP contribution in [0.3, 0.4) is 0 Å². The summed E-state index contributed by atoms with van der Waals surface area (Å²) in [7, 11) is 1.97. The van der Waals surface area contributed by atoms with Crippen molar-refractivity contribution in [1.29, 1.82) is 0 Å². The molecule has 1 aliphatic rings. The molecule has 1 fully saturated rings. The number of benzene rings is 1. The van der Waals surface area contributed by atoms with Gasteiger partial charge in [-0.3, -0.25) is 0 Å². The number of aliphatic hydroxyl groups is 1. The van der Waals surface area contributed by atoms with Gasteiger partial charge in [0, 0.05) is 50.9 Å². The number of hydrogen-bond acceptors (Lipinski definition) is 4. The van der Waals surface area contributed by atoms with Crippen LogP contribution in [-0.4, -0.2) is 42.5 Å². The maximum Gasteiger partial charge on any atom is 0.106 e. The van der Waals surface area contributed by atoms with Gasteiger partial charge in [-0.2, -0.15) is 0 Å². The van der Waals surface area contributed by atoms with Crippen LogP contribution in [-0.2, 0) is 4.74 Å². The van der Waals surface area contributed by atoms with Crippen LogP contribution in [0.1, 0.15) is 24.0 Å². The summed E-state index contributed by atoms with van der Waals surface area (Å²) in [5.41, 5.74) is 8.07. The fourth-order valence-corrected chi connectivity index (χ4v) is 2.96. The highest BCUT2D eigenvalue weighted by molar-refractivity contribution is 7.80. The molecular formula is C15H22N2O2S. The van der Waals surface area contributed by atoms with E-state index < -0.39 is 5.60 Å². The second-order valence-electron chi connectivity index (χ2n) is 5.53. The quantitative estimate of drug-likeness (QED) is 0.826. The topological polar surface area (TPSA) is 58.7 Å². The van der Waals surface area contributed by atoms with Crippen molar-refractivity contribution in [2.24, 2.45) is 5.73 Å². The van der Waals surface area contributed by atoms with Gasteiger partial charge in [0.2, 0.25) is 0 Å². The van der Waals surface area contributed by atoms with Gasteiger partial charge >= 0.3 is 0 Å². The molecule has 3 N–H and O–H groups in total. The summed E-state index contributed by atoms with van der Waals surface area (Å²) in [6.45, 7) is 3.80. The summed E-state index contributed by atoms with van der Waals surface area (Å²) >= 11 is 5.13. The van der Waals surface area contributed by atoms with Crippen molar-refractivity contribution in [3.8, 4) is 0 Å². The molecule has 20 heavy (non-hydrogen) atoms. The van der Waals surface area contributed by atoms with E-state index in [2.05, 4.69) is 4.90 Å². The molecule has 1 aromatic carbocycles. The first kappa shape index (κ1) is 15.2. The zero-order valence-electron chi connectivity index (χ0n) is 12.1. The lowest BCUT2D eigenvalue weighted by molar-refractivity contribution is -0.0572. The average Bonchev–Trinajstić information content (AvgIpc) is 2.38. The monoisotopic (exact) mass is 294 g/mol. The van der Waals surface area contributed by atoms with Crippen molar-refractivity contribution in [2.45, 2.75) is 25.4 Å². The zero-order valence-corrected chi connectivity index (χ0v) is 12.9. The lowest BCUT2D eigenvalue weighted by Crippen LogP contribution is -2.46. The van der Waals surface area contributed by atoms with Gasteiger partial charge in [-0.15, -0.1) is 0 Å². The SMILES string of the molecule is Cc1cccc(C(N)=S)c1N(C)CC1(O)CCOCC1. The van der Waals surface area contributed by atoms with E-state index in [1.807, 2.05) is 32.2 Å². The van der Waals surface area contributed by atoms with E-state index in [-0.39, 0.29) is 0 Å². The largest absolute Gasteiger partial charge is 0.389 e. The van der Waals surface area contributed by atoms with Crippen LogP contribution >= 0.6 is 12.2 Å². The van der Waals surface area contributed by atoms with Crippen LogP contribution < -0.4 is 10.6 Å². The van der Waals surface area contributed by atoms with E-state index in [0.29, 0.717) is 37.6 Å². The van der Waals surface area contributed by atoms with Crippen LogP contribution in [0, 0.1) is 6.92 Å². The van der Waals surface area contributed by atoms with E-state index in [0.717, 1.165) is 16.8 Å². The van der Waals surface area contributed by atoms with Gasteiger partial charge in [-0.25, -0.2) is 0 Å². The van der Waals surface area contributed by atoms with Gasteiger partial charge in [0.15, 0.2) is 0 Å². The molecule has 0 unspecified atom stereocenters. The summed E-state index contributed by atoms with van der Waals surface area (Å²) < 4.78 is 5.32. The minimum atomic E-state index is -0.706. The van der Waals surface area contributed by atoms with Crippen molar-refractivity contribution < 1.29 is 9.84 Å². The Morgan fingerprint density at radius 2 is 2.10 bits per heavy atom. The molecule has 0 amide bonds. The minimum Gasteiger partial charge on any atom is -0.389 e. The molecule has 4 nitrogen and oxygen atoms in total. The number of thiocarbonyl (C=S) groups is 1. The van der Waals surface area contributed by atoms with Crippen molar-refractivity contribution >= 4 is 22.9 Å². The highest BCUT2D eigenvalue weighted by Gasteiger charge is 2.32. The fraction of sp³-hybridized carbons (Fsp3) is 0.533. The molecule has 110 valence electrons. The maximum atomic E-state index is 10.6. The molecule has 0 bridgehead atoms. The molecule has 0 aliphatic carbocycles. The first-order valence-electron chi connectivity index (χ1n) is 6.84. The van der Waals surface area contributed by atoms with Crippen LogP contribution in [0.15, 0.2) is 18.2 Å². The van der Waals surface area contributed by atoms with Gasteiger partial charge in [0.1, 0.15) is 4.99 Å². The molecule has 2 rings (SSSR count). The minimum absolute atomic E-state index is 0.384. The average molecular weight is 294 g/mol. The summed E-state index contributed by atoms with van der Waals surface area (Å²) in [5, 5.41) is 10.6. The molecule has 0 saturated carbocycles. The molecule has 1 aliphatic heterocycles. The van der Waals surface area contributed by atoms with Crippen LogP contribution in [0.2, 0.25) is 0 Å². The van der Waals surface area contributed by atoms with Crippen molar-refractivity contribution in [1.82, 2.24) is 0 Å². The molecule has 1 aromatic rings. The molecule has 1 saturated heterocycles. The lowest BCUT2D eigenvalue weighted by Gasteiger charge is -2.37. The first-order chi connectivity index (χ1) is 9.43. The predicted octanol–water partition coefficient (Wildman–Crippen LogP) is 1.61. The Bertz CT molecular complexity index is 499. The van der Waals surface area contributed by atoms with E-state index in [1.54, 1.807) is 0 Å². The Balaban J connectivity index is 2.24. The number of aryl methyl sites for hydroxylation is 1. The second kappa shape index (κ2) is 6.08. The number of hydrogen-bond donors (Lipinski definition) is 2. The number of nitrogens with zero attached hydrogens (tertiary/aromatic N) is 1. The molecule has 0 aromatic heterocycles. The van der Waals surface area contributed by atoms with Crippen molar-refractivity contribution in [2.75, 3.05) is 31.7 Å². The van der Waals surface area contributed by atoms with E-state index in [4.69, 9.17) is 22.7 Å². The molecule has 5 heteroatoms. The third-order valence-electron chi connectivity index (χ3n) is 3.84. The normalized spacial score (nSPS) is 17.8. The predicted molar refractivity (Wildman–Crippen MR) is 85.3 cm³/mol. The second-order valence-corrected chi connectivity index (χ2v) is 5.97. The molecular weight excluding hydrogens is 272 g/mol. The molecule has 0 atom stereocenters. The van der Waals surface area contributed by atoms with Gasteiger partial charge < -0.3 is 20.5 Å². The summed E-state index contributed by atoms with van der Waals surface area (Å²) in [5.74, 6) is 0. The number of likely N-dealkylation sites (N-methyl/N-ethyl adjacent to an activating group) is 1. The number of nitrogens with two attached hydrogens (primary N) is 1. The van der Waals surface area contributed by atoms with Crippen molar-refractivity contribution in [3.63, 3.8) is 0 Å². The van der Waals surface area contributed by atoms with Gasteiger partial charge in [0.05, 0.1) is 5.60 Å². The van der Waals surface area contributed by atoms with E-state index in [1.165, 1.54) is 0 Å². The van der Waals surface area contributed by atoms with Gasteiger partial charge in [-0.05, 0) is 18.6 Å². The Hall–Kier alpha value is -1.17. The highest BCUT2D eigenvalue weighted by Crippen LogP contribution is 2.28. The number of anilines is 1. The summed E-state index contributed by atoms with van der Waals surface area (Å²) in [4.78, 5) is 2.43. The smallest absolute Gasteiger partial charge is 0.106 e. The zero-order chi connectivity index (χ0) is 14.8. The third kappa shape index (κ3) is 3.29. The van der Waals surface area contributed by atoms with Gasteiger partial charge in [-0.1, -0.05) is 24.4 Å². The summed E-state index contributed by atoms with van der Waals surface area (Å²) in [6.07, 6.45) is 1.32. The third-order valence-corrected chi connectivity index (χ3v) is 4.06. The standard InChI is InChI=1S/C15H22N2O2S/c1-11-4-3-5-12(14(16)20)13(11)17(2)10-15(18)6-8-19-9-7-15/h3-5,18H,6-10H2,1-2H3,(H2,16,20). The van der Waals surface area contributed by atoms with E-state index >= 15 is 0 Å². The van der Waals surface area contributed by atoms with Crippen LogP contribution in [0.5, 0.6) is 0 Å². The lowest BCUT2D eigenvalue weighted by atomic mass is 9.93. The molecule has 0 spiro atoms. The molecule has 1 heterocycles. The Morgan fingerprint density at radius 3 is 2.70 bits per heavy atom. The Kier molecular flexibility index (Phi) is 4.62. The Labute approximate surface area is 125 Å².